The highest BCUT2D eigenvalue weighted by molar-refractivity contribution is 6.30. The highest BCUT2D eigenvalue weighted by atomic mass is 35.5. The van der Waals surface area contributed by atoms with Gasteiger partial charge in [-0.05, 0) is 41.8 Å². The molecule has 0 amide bonds. The van der Waals surface area contributed by atoms with E-state index in [1.54, 1.807) is 13.4 Å². The van der Waals surface area contributed by atoms with Gasteiger partial charge in [0.2, 0.25) is 5.95 Å². The summed E-state index contributed by atoms with van der Waals surface area (Å²) in [6.45, 7) is 0. The first-order chi connectivity index (χ1) is 11.7. The molecule has 0 unspecified atom stereocenters. The molecule has 0 radical (unpaired) electrons. The SMILES string of the molecule is COc1ccc([C@H]2C[C@@H](c3cccc(Cl)c3)n3ncnc3N2)cc1. The van der Waals surface area contributed by atoms with Crippen molar-refractivity contribution < 1.29 is 4.74 Å². The molecule has 122 valence electrons. The van der Waals surface area contributed by atoms with Crippen molar-refractivity contribution >= 4 is 17.5 Å². The fraction of sp³-hybridized carbons (Fsp3) is 0.222. The average Bonchev–Trinajstić information content (AvgIpc) is 3.09. The zero-order valence-electron chi connectivity index (χ0n) is 13.2. The van der Waals surface area contributed by atoms with Crippen molar-refractivity contribution in [1.29, 1.82) is 0 Å². The third-order valence-electron chi connectivity index (χ3n) is 4.38. The van der Waals surface area contributed by atoms with E-state index in [2.05, 4.69) is 33.6 Å². The number of halogens is 1. The molecule has 0 saturated heterocycles. The van der Waals surface area contributed by atoms with Crippen molar-refractivity contribution in [3.63, 3.8) is 0 Å². The summed E-state index contributed by atoms with van der Waals surface area (Å²) in [6.07, 6.45) is 2.44. The Morgan fingerprint density at radius 1 is 1.17 bits per heavy atom. The van der Waals surface area contributed by atoms with E-state index in [0.29, 0.717) is 0 Å². The summed E-state index contributed by atoms with van der Waals surface area (Å²) in [5, 5.41) is 8.57. The van der Waals surface area contributed by atoms with Gasteiger partial charge in [-0.1, -0.05) is 35.9 Å². The van der Waals surface area contributed by atoms with Crippen LogP contribution in [0.3, 0.4) is 0 Å². The largest absolute Gasteiger partial charge is 0.497 e. The van der Waals surface area contributed by atoms with Crippen LogP contribution in [0.1, 0.15) is 29.6 Å². The molecule has 1 aliphatic rings. The number of aromatic nitrogens is 3. The van der Waals surface area contributed by atoms with E-state index in [9.17, 15) is 0 Å². The fourth-order valence-electron chi connectivity index (χ4n) is 3.17. The fourth-order valence-corrected chi connectivity index (χ4v) is 3.36. The lowest BCUT2D eigenvalue weighted by atomic mass is 9.93. The molecule has 1 N–H and O–H groups in total. The van der Waals surface area contributed by atoms with Gasteiger partial charge in [0, 0.05) is 5.02 Å². The number of nitrogens with zero attached hydrogens (tertiary/aromatic N) is 3. The number of hydrogen-bond donors (Lipinski definition) is 1. The molecule has 0 bridgehead atoms. The molecule has 24 heavy (non-hydrogen) atoms. The third kappa shape index (κ3) is 2.71. The molecular weight excluding hydrogens is 324 g/mol. The number of benzene rings is 2. The Kier molecular flexibility index (Phi) is 3.86. The van der Waals surface area contributed by atoms with Crippen molar-refractivity contribution in [1.82, 2.24) is 14.8 Å². The van der Waals surface area contributed by atoms with Crippen LogP contribution in [0.5, 0.6) is 5.75 Å². The molecule has 4 rings (SSSR count). The number of fused-ring (bicyclic) bond motifs is 1. The maximum atomic E-state index is 6.18. The van der Waals surface area contributed by atoms with E-state index in [1.165, 1.54) is 5.56 Å². The van der Waals surface area contributed by atoms with Gasteiger partial charge >= 0.3 is 0 Å². The number of nitrogens with one attached hydrogen (secondary N) is 1. The second-order valence-electron chi connectivity index (χ2n) is 5.80. The summed E-state index contributed by atoms with van der Waals surface area (Å²) in [5.74, 6) is 1.62. The number of hydrogen-bond acceptors (Lipinski definition) is 4. The standard InChI is InChI=1S/C18H17ClN4O/c1-24-15-7-5-12(6-8-15)16-10-17(13-3-2-4-14(19)9-13)23-18(22-16)20-11-21-23/h2-9,11,16-17H,10H2,1H3,(H,20,21,22)/t16-,17+/m1/s1. The van der Waals surface area contributed by atoms with E-state index in [0.717, 1.165) is 28.7 Å². The maximum Gasteiger partial charge on any atom is 0.222 e. The molecule has 5 nitrogen and oxygen atoms in total. The topological polar surface area (TPSA) is 52.0 Å². The lowest BCUT2D eigenvalue weighted by molar-refractivity contribution is 0.413. The summed E-state index contributed by atoms with van der Waals surface area (Å²) in [5.41, 5.74) is 2.33. The van der Waals surface area contributed by atoms with E-state index >= 15 is 0 Å². The van der Waals surface area contributed by atoms with Crippen LogP contribution < -0.4 is 10.1 Å². The molecule has 2 atom stereocenters. The second-order valence-corrected chi connectivity index (χ2v) is 6.24. The summed E-state index contributed by atoms with van der Waals surface area (Å²) < 4.78 is 7.16. The molecule has 6 heteroatoms. The first-order valence-corrected chi connectivity index (χ1v) is 8.18. The number of anilines is 1. The zero-order valence-corrected chi connectivity index (χ0v) is 13.9. The molecule has 0 spiro atoms. The van der Waals surface area contributed by atoms with Crippen LogP contribution in [-0.2, 0) is 0 Å². The summed E-state index contributed by atoms with van der Waals surface area (Å²) >= 11 is 6.18. The van der Waals surface area contributed by atoms with Gasteiger partial charge in [0.15, 0.2) is 0 Å². The zero-order chi connectivity index (χ0) is 16.5. The summed E-state index contributed by atoms with van der Waals surface area (Å²) in [7, 11) is 1.67. The molecule has 0 fully saturated rings. The van der Waals surface area contributed by atoms with E-state index in [1.807, 2.05) is 35.0 Å². The Bertz CT molecular complexity index is 846. The Morgan fingerprint density at radius 3 is 2.75 bits per heavy atom. The van der Waals surface area contributed by atoms with Crippen molar-refractivity contribution in [2.24, 2.45) is 0 Å². The second kappa shape index (κ2) is 6.17. The maximum absolute atomic E-state index is 6.18. The minimum Gasteiger partial charge on any atom is -0.497 e. The van der Waals surface area contributed by atoms with Crippen LogP contribution in [0.4, 0.5) is 5.95 Å². The Balaban J connectivity index is 1.70. The molecule has 0 saturated carbocycles. The molecule has 0 aliphatic carbocycles. The summed E-state index contributed by atoms with van der Waals surface area (Å²) in [4.78, 5) is 4.35. The lowest BCUT2D eigenvalue weighted by Gasteiger charge is -2.32. The van der Waals surface area contributed by atoms with Crippen LogP contribution in [-0.4, -0.2) is 21.9 Å². The third-order valence-corrected chi connectivity index (χ3v) is 4.62. The molecule has 3 aromatic rings. The first kappa shape index (κ1) is 15.0. The van der Waals surface area contributed by atoms with Gasteiger partial charge in [0.25, 0.3) is 0 Å². The highest BCUT2D eigenvalue weighted by Crippen LogP contribution is 2.38. The van der Waals surface area contributed by atoms with Crippen LogP contribution in [0.2, 0.25) is 5.02 Å². The number of rotatable bonds is 3. The monoisotopic (exact) mass is 340 g/mol. The van der Waals surface area contributed by atoms with Crippen molar-refractivity contribution in [2.45, 2.75) is 18.5 Å². The van der Waals surface area contributed by atoms with Crippen molar-refractivity contribution in [3.8, 4) is 5.75 Å². The molecule has 1 aliphatic heterocycles. The lowest BCUT2D eigenvalue weighted by Crippen LogP contribution is -2.28. The Labute approximate surface area is 145 Å². The van der Waals surface area contributed by atoms with Crippen molar-refractivity contribution in [2.75, 3.05) is 12.4 Å². The smallest absolute Gasteiger partial charge is 0.222 e. The highest BCUT2D eigenvalue weighted by Gasteiger charge is 2.29. The Hall–Kier alpha value is -2.53. The van der Waals surface area contributed by atoms with Gasteiger partial charge in [-0.2, -0.15) is 10.1 Å². The van der Waals surface area contributed by atoms with Crippen LogP contribution in [0.25, 0.3) is 0 Å². The van der Waals surface area contributed by atoms with Gasteiger partial charge in [0.1, 0.15) is 12.1 Å². The van der Waals surface area contributed by atoms with Gasteiger partial charge in [-0.3, -0.25) is 0 Å². The summed E-state index contributed by atoms with van der Waals surface area (Å²) in [6, 6.07) is 16.3. The van der Waals surface area contributed by atoms with Crippen LogP contribution >= 0.6 is 11.6 Å². The minimum absolute atomic E-state index is 0.0922. The van der Waals surface area contributed by atoms with Crippen LogP contribution in [0.15, 0.2) is 54.9 Å². The molecular formula is C18H17ClN4O. The van der Waals surface area contributed by atoms with Gasteiger partial charge in [-0.25, -0.2) is 4.68 Å². The quantitative estimate of drug-likeness (QED) is 0.780. The van der Waals surface area contributed by atoms with Gasteiger partial charge in [0.05, 0.1) is 19.2 Å². The van der Waals surface area contributed by atoms with E-state index in [4.69, 9.17) is 16.3 Å². The van der Waals surface area contributed by atoms with Crippen molar-refractivity contribution in [3.05, 3.63) is 71.0 Å². The predicted octanol–water partition coefficient (Wildman–Crippen LogP) is 4.09. The van der Waals surface area contributed by atoms with Crippen LogP contribution in [0, 0.1) is 0 Å². The first-order valence-electron chi connectivity index (χ1n) is 7.80. The number of ether oxygens (including phenoxy) is 1. The number of methoxy groups -OCH3 is 1. The van der Waals surface area contributed by atoms with Gasteiger partial charge < -0.3 is 10.1 Å². The minimum atomic E-state index is 0.0922. The molecule has 1 aromatic heterocycles. The average molecular weight is 341 g/mol. The van der Waals surface area contributed by atoms with E-state index < -0.39 is 0 Å². The van der Waals surface area contributed by atoms with E-state index in [-0.39, 0.29) is 12.1 Å². The Morgan fingerprint density at radius 2 is 2.00 bits per heavy atom. The predicted molar refractivity (Wildman–Crippen MR) is 93.6 cm³/mol. The molecule has 2 heterocycles. The normalized spacial score (nSPS) is 19.4. The molecule has 2 aromatic carbocycles. The van der Waals surface area contributed by atoms with Gasteiger partial charge in [-0.15, -0.1) is 0 Å².